The van der Waals surface area contributed by atoms with E-state index in [2.05, 4.69) is 10.2 Å². The first kappa shape index (κ1) is 21.4. The lowest BCUT2D eigenvalue weighted by molar-refractivity contribution is -0.137. The molecular formula is C25H19F3N2O2. The molecule has 0 amide bonds. The van der Waals surface area contributed by atoms with Crippen LogP contribution in [0.25, 0.3) is 11.3 Å². The summed E-state index contributed by atoms with van der Waals surface area (Å²) in [5.41, 5.74) is 2.25. The lowest BCUT2D eigenvalue weighted by atomic mass is 10.0. The molecule has 1 heterocycles. The number of hydrogen-bond acceptors (Lipinski definition) is 3. The maximum atomic E-state index is 13.0. The van der Waals surface area contributed by atoms with Crippen molar-refractivity contribution in [1.29, 1.82) is 0 Å². The molecule has 1 aromatic heterocycles. The fraction of sp³-hybridized carbons (Fsp3) is 0.120. The van der Waals surface area contributed by atoms with Crippen LogP contribution in [0.15, 0.2) is 85.1 Å². The first-order chi connectivity index (χ1) is 15.4. The maximum Gasteiger partial charge on any atom is 0.416 e. The molecule has 0 aliphatic heterocycles. The predicted molar refractivity (Wildman–Crippen MR) is 114 cm³/mol. The van der Waals surface area contributed by atoms with E-state index < -0.39 is 11.7 Å². The normalized spacial score (nSPS) is 11.3. The summed E-state index contributed by atoms with van der Waals surface area (Å²) in [6, 6.07) is 21.3. The van der Waals surface area contributed by atoms with E-state index in [0.29, 0.717) is 34.6 Å². The van der Waals surface area contributed by atoms with Gasteiger partial charge in [0, 0.05) is 23.1 Å². The molecular weight excluding hydrogens is 417 g/mol. The molecule has 4 aromatic rings. The average Bonchev–Trinajstić information content (AvgIpc) is 3.27. The van der Waals surface area contributed by atoms with Crippen molar-refractivity contribution in [2.75, 3.05) is 0 Å². The van der Waals surface area contributed by atoms with Gasteiger partial charge in [-0.05, 0) is 42.0 Å². The number of carbonyl (C=O) groups excluding carboxylic acids is 1. The molecule has 0 radical (unpaired) electrons. The van der Waals surface area contributed by atoms with Crippen LogP contribution in [0.2, 0.25) is 0 Å². The number of carbonyl (C=O) groups is 1. The summed E-state index contributed by atoms with van der Waals surface area (Å²) in [5, 5.41) is 6.69. The molecule has 0 atom stereocenters. The van der Waals surface area contributed by atoms with Gasteiger partial charge in [0.1, 0.15) is 12.4 Å². The molecule has 0 saturated carbocycles. The third-order valence-electron chi connectivity index (χ3n) is 4.97. The second-order valence-corrected chi connectivity index (χ2v) is 7.25. The van der Waals surface area contributed by atoms with Crippen molar-refractivity contribution >= 4 is 5.78 Å². The summed E-state index contributed by atoms with van der Waals surface area (Å²) in [6.45, 7) is 0.111. The highest BCUT2D eigenvalue weighted by Gasteiger charge is 2.30. The van der Waals surface area contributed by atoms with Crippen LogP contribution in [-0.2, 0) is 19.2 Å². The summed E-state index contributed by atoms with van der Waals surface area (Å²) < 4.78 is 44.8. The van der Waals surface area contributed by atoms with Crippen molar-refractivity contribution in [3.8, 4) is 17.0 Å². The molecule has 7 heteroatoms. The molecule has 0 aliphatic carbocycles. The second kappa shape index (κ2) is 9.09. The van der Waals surface area contributed by atoms with Crippen LogP contribution in [0.3, 0.4) is 0 Å². The first-order valence-electron chi connectivity index (χ1n) is 9.90. The number of Topliss-reactive ketones (excluding diaryl/α,β-unsaturated/α-hetero) is 1. The molecule has 0 unspecified atom stereocenters. The quantitative estimate of drug-likeness (QED) is 0.356. The van der Waals surface area contributed by atoms with Crippen molar-refractivity contribution in [2.24, 2.45) is 0 Å². The fourth-order valence-electron chi connectivity index (χ4n) is 3.30. The van der Waals surface area contributed by atoms with Crippen LogP contribution in [0.1, 0.15) is 27.0 Å². The minimum absolute atomic E-state index is 0.00409. The number of alkyl halides is 3. The van der Waals surface area contributed by atoms with Crippen LogP contribution >= 0.6 is 0 Å². The van der Waals surface area contributed by atoms with Crippen LogP contribution in [0.5, 0.6) is 5.75 Å². The van der Waals surface area contributed by atoms with Gasteiger partial charge in [0.15, 0.2) is 5.78 Å². The van der Waals surface area contributed by atoms with Gasteiger partial charge in [-0.15, -0.1) is 0 Å². The molecule has 0 saturated heterocycles. The van der Waals surface area contributed by atoms with Gasteiger partial charge in [-0.2, -0.15) is 18.3 Å². The number of nitrogens with one attached hydrogen (secondary N) is 1. The summed E-state index contributed by atoms with van der Waals surface area (Å²) >= 11 is 0. The van der Waals surface area contributed by atoms with Crippen LogP contribution < -0.4 is 4.74 Å². The largest absolute Gasteiger partial charge is 0.489 e. The van der Waals surface area contributed by atoms with Gasteiger partial charge in [-0.1, -0.05) is 42.5 Å². The fourth-order valence-corrected chi connectivity index (χ4v) is 3.30. The minimum atomic E-state index is -4.42. The van der Waals surface area contributed by atoms with E-state index in [0.717, 1.165) is 17.7 Å². The van der Waals surface area contributed by atoms with Gasteiger partial charge >= 0.3 is 6.18 Å². The van der Waals surface area contributed by atoms with E-state index in [4.69, 9.17) is 4.74 Å². The summed E-state index contributed by atoms with van der Waals surface area (Å²) in [5.74, 6) is 0.543. The number of hydrogen-bond donors (Lipinski definition) is 1. The third-order valence-corrected chi connectivity index (χ3v) is 4.97. The van der Waals surface area contributed by atoms with Gasteiger partial charge < -0.3 is 4.74 Å². The molecule has 4 nitrogen and oxygen atoms in total. The Hall–Kier alpha value is -3.87. The highest BCUT2D eigenvalue weighted by molar-refractivity contribution is 5.97. The molecule has 0 spiro atoms. The van der Waals surface area contributed by atoms with E-state index in [-0.39, 0.29) is 12.4 Å². The number of rotatable bonds is 7. The smallest absolute Gasteiger partial charge is 0.416 e. The van der Waals surface area contributed by atoms with Crippen LogP contribution in [0, 0.1) is 0 Å². The zero-order valence-electron chi connectivity index (χ0n) is 16.9. The summed E-state index contributed by atoms with van der Waals surface area (Å²) in [7, 11) is 0. The number of ketones is 1. The zero-order chi connectivity index (χ0) is 22.6. The average molecular weight is 436 g/mol. The SMILES string of the molecule is O=C(Cc1ccccc1)c1ccc(OCc2cn[nH]c2-c2cccc(C(F)(F)F)c2)cc1. The topological polar surface area (TPSA) is 55.0 Å². The Labute approximate surface area is 182 Å². The Bertz CT molecular complexity index is 1200. The van der Waals surface area contributed by atoms with E-state index >= 15 is 0 Å². The first-order valence-corrected chi connectivity index (χ1v) is 9.90. The number of halogens is 3. The lowest BCUT2D eigenvalue weighted by Gasteiger charge is -2.10. The molecule has 162 valence electrons. The van der Waals surface area contributed by atoms with E-state index in [9.17, 15) is 18.0 Å². The van der Waals surface area contributed by atoms with E-state index in [1.165, 1.54) is 12.3 Å². The van der Waals surface area contributed by atoms with Gasteiger partial charge in [-0.3, -0.25) is 9.89 Å². The Kier molecular flexibility index (Phi) is 6.07. The Morgan fingerprint density at radius 2 is 1.69 bits per heavy atom. The Morgan fingerprint density at radius 3 is 2.41 bits per heavy atom. The second-order valence-electron chi connectivity index (χ2n) is 7.25. The van der Waals surface area contributed by atoms with Crippen molar-refractivity contribution in [1.82, 2.24) is 10.2 Å². The van der Waals surface area contributed by atoms with Crippen LogP contribution in [0.4, 0.5) is 13.2 Å². The molecule has 0 fully saturated rings. The van der Waals surface area contributed by atoms with Gasteiger partial charge in [0.25, 0.3) is 0 Å². The Morgan fingerprint density at radius 1 is 0.938 bits per heavy atom. The lowest BCUT2D eigenvalue weighted by Crippen LogP contribution is -2.05. The van der Waals surface area contributed by atoms with Crippen molar-refractivity contribution < 1.29 is 22.7 Å². The zero-order valence-corrected chi connectivity index (χ0v) is 16.9. The number of aromatic nitrogens is 2. The minimum Gasteiger partial charge on any atom is -0.489 e. The summed E-state index contributed by atoms with van der Waals surface area (Å²) in [6.07, 6.45) is -2.59. The predicted octanol–water partition coefficient (Wildman–Crippen LogP) is 6.10. The van der Waals surface area contributed by atoms with Crippen molar-refractivity contribution in [3.63, 3.8) is 0 Å². The molecule has 1 N–H and O–H groups in total. The highest BCUT2D eigenvalue weighted by atomic mass is 19.4. The molecule has 32 heavy (non-hydrogen) atoms. The van der Waals surface area contributed by atoms with Gasteiger partial charge in [0.05, 0.1) is 17.5 Å². The van der Waals surface area contributed by atoms with Crippen molar-refractivity contribution in [2.45, 2.75) is 19.2 Å². The van der Waals surface area contributed by atoms with Gasteiger partial charge in [0.2, 0.25) is 0 Å². The summed E-state index contributed by atoms with van der Waals surface area (Å²) in [4.78, 5) is 12.4. The monoisotopic (exact) mass is 436 g/mol. The molecule has 0 bridgehead atoms. The molecule has 3 aromatic carbocycles. The number of aromatic amines is 1. The standard InChI is InChI=1S/C25H19F3N2O2/c26-25(27,28)21-8-4-7-19(14-21)24-20(15-29-30-24)16-32-22-11-9-18(10-12-22)23(31)13-17-5-2-1-3-6-17/h1-12,14-15H,13,16H2,(H,29,30). The third kappa shape index (κ3) is 5.06. The van der Waals surface area contributed by atoms with Crippen molar-refractivity contribution in [3.05, 3.63) is 107 Å². The van der Waals surface area contributed by atoms with Gasteiger partial charge in [-0.25, -0.2) is 0 Å². The number of benzene rings is 3. The Balaban J connectivity index is 1.42. The number of ether oxygens (including phenoxy) is 1. The maximum absolute atomic E-state index is 13.0. The number of nitrogens with zero attached hydrogens (tertiary/aromatic N) is 1. The molecule has 4 rings (SSSR count). The van der Waals surface area contributed by atoms with E-state index in [1.54, 1.807) is 30.3 Å². The highest BCUT2D eigenvalue weighted by Crippen LogP contribution is 2.32. The van der Waals surface area contributed by atoms with Crippen LogP contribution in [-0.4, -0.2) is 16.0 Å². The number of H-pyrrole nitrogens is 1. The van der Waals surface area contributed by atoms with E-state index in [1.807, 2.05) is 30.3 Å². The molecule has 0 aliphatic rings.